The Kier molecular flexibility index (Phi) is 4.51. The van der Waals surface area contributed by atoms with Crippen LogP contribution in [0.25, 0.3) is 17.2 Å². The van der Waals surface area contributed by atoms with Gasteiger partial charge in [-0.3, -0.25) is 0 Å². The molecule has 3 rings (SSSR count). The highest BCUT2D eigenvalue weighted by atomic mass is 14.9. The van der Waals surface area contributed by atoms with Crippen LogP contribution >= 0.6 is 0 Å². The van der Waals surface area contributed by atoms with Crippen molar-refractivity contribution in [2.24, 2.45) is 0 Å². The number of nitrogens with one attached hydrogen (secondary N) is 1. The summed E-state index contributed by atoms with van der Waals surface area (Å²) in [6, 6.07) is 8.06. The molecule has 128 valence electrons. The van der Waals surface area contributed by atoms with Crippen LogP contribution in [0.4, 0.5) is 11.4 Å². The number of rotatable bonds is 3. The van der Waals surface area contributed by atoms with Gasteiger partial charge in [-0.2, -0.15) is 0 Å². The van der Waals surface area contributed by atoms with Crippen LogP contribution in [-0.4, -0.2) is 13.1 Å². The highest BCUT2D eigenvalue weighted by Gasteiger charge is 2.23. The average molecular weight is 331 g/mol. The minimum absolute atomic E-state index is 0.732. The molecule has 1 aliphatic rings. The molecule has 0 spiro atoms. The maximum absolute atomic E-state index is 6.62. The summed E-state index contributed by atoms with van der Waals surface area (Å²) in [4.78, 5) is 0. The summed E-state index contributed by atoms with van der Waals surface area (Å²) in [5.74, 6) is 0. The lowest BCUT2D eigenvalue weighted by molar-refractivity contribution is 0.767. The Morgan fingerprint density at radius 3 is 2.64 bits per heavy atom. The normalized spacial score (nSPS) is 13.9. The number of nitrogen functional groups attached to an aromatic ring is 2. The van der Waals surface area contributed by atoms with Crippen molar-refractivity contribution >= 4 is 28.6 Å². The van der Waals surface area contributed by atoms with Crippen molar-refractivity contribution in [2.45, 2.75) is 13.3 Å². The topological polar surface area (TPSA) is 64.1 Å². The first-order valence-corrected chi connectivity index (χ1v) is 8.47. The van der Waals surface area contributed by atoms with Crippen molar-refractivity contribution in [1.29, 1.82) is 0 Å². The molecule has 0 bridgehead atoms. The Labute approximate surface area is 149 Å². The Morgan fingerprint density at radius 2 is 1.92 bits per heavy atom. The molecule has 0 radical (unpaired) electrons. The van der Waals surface area contributed by atoms with Crippen molar-refractivity contribution in [3.63, 3.8) is 0 Å². The lowest BCUT2D eigenvalue weighted by Gasteiger charge is -2.23. The second kappa shape index (κ2) is 6.61. The first kappa shape index (κ1) is 17.1. The molecule has 0 aliphatic carbocycles. The fourth-order valence-electron chi connectivity index (χ4n) is 3.65. The summed E-state index contributed by atoms with van der Waals surface area (Å²) in [5.41, 5.74) is 22.6. The lowest BCUT2D eigenvalue weighted by atomic mass is 9.84. The van der Waals surface area contributed by atoms with E-state index in [1.165, 1.54) is 0 Å². The third kappa shape index (κ3) is 2.77. The van der Waals surface area contributed by atoms with E-state index < -0.39 is 0 Å². The second-order valence-corrected chi connectivity index (χ2v) is 6.48. The predicted octanol–water partition coefficient (Wildman–Crippen LogP) is 4.02. The van der Waals surface area contributed by atoms with Crippen LogP contribution in [0, 0.1) is 6.92 Å². The first-order chi connectivity index (χ1) is 12.0. The molecule has 25 heavy (non-hydrogen) atoms. The maximum Gasteiger partial charge on any atom is 0.0437 e. The van der Waals surface area contributed by atoms with E-state index in [0.717, 1.165) is 75.4 Å². The summed E-state index contributed by atoms with van der Waals surface area (Å²) >= 11 is 0. The third-order valence-electron chi connectivity index (χ3n) is 5.00. The molecule has 0 saturated heterocycles. The van der Waals surface area contributed by atoms with Gasteiger partial charge in [0.25, 0.3) is 0 Å². The van der Waals surface area contributed by atoms with Gasteiger partial charge in [0.05, 0.1) is 0 Å². The number of nitrogens with two attached hydrogens (primary N) is 2. The molecule has 0 unspecified atom stereocenters. The van der Waals surface area contributed by atoms with E-state index in [9.17, 15) is 0 Å². The van der Waals surface area contributed by atoms with E-state index >= 15 is 0 Å². The molecule has 0 aromatic heterocycles. The monoisotopic (exact) mass is 331 g/mol. The van der Waals surface area contributed by atoms with Crippen LogP contribution in [0.3, 0.4) is 0 Å². The van der Waals surface area contributed by atoms with Crippen LogP contribution in [0.5, 0.6) is 0 Å². The minimum Gasteiger partial charge on any atom is -0.398 e. The Hall–Kier alpha value is -2.78. The molecule has 1 aliphatic heterocycles. The van der Waals surface area contributed by atoms with Crippen molar-refractivity contribution in [2.75, 3.05) is 24.6 Å². The smallest absolute Gasteiger partial charge is 0.0437 e. The summed E-state index contributed by atoms with van der Waals surface area (Å²) in [6.07, 6.45) is 2.67. The summed E-state index contributed by atoms with van der Waals surface area (Å²) < 4.78 is 0. The number of hydrogen-bond donors (Lipinski definition) is 3. The molecule has 2 aromatic carbocycles. The first-order valence-electron chi connectivity index (χ1n) is 8.47. The summed E-state index contributed by atoms with van der Waals surface area (Å²) in [6.45, 7) is 16.0. The number of fused-ring (bicyclic) bond motifs is 1. The van der Waals surface area contributed by atoms with E-state index in [2.05, 4.69) is 25.1 Å². The molecule has 0 fully saturated rings. The van der Waals surface area contributed by atoms with Gasteiger partial charge in [-0.1, -0.05) is 50.1 Å². The summed E-state index contributed by atoms with van der Waals surface area (Å²) in [5, 5.41) is 3.37. The van der Waals surface area contributed by atoms with Gasteiger partial charge in [-0.15, -0.1) is 0 Å². The Morgan fingerprint density at radius 1 is 1.20 bits per heavy atom. The Balaban J connectivity index is 2.26. The molecular formula is C22H25N3. The lowest BCUT2D eigenvalue weighted by Crippen LogP contribution is -2.15. The van der Waals surface area contributed by atoms with E-state index in [0.29, 0.717) is 0 Å². The van der Waals surface area contributed by atoms with Crippen LogP contribution in [0.1, 0.15) is 33.4 Å². The van der Waals surface area contributed by atoms with Crippen LogP contribution in [-0.2, 0) is 6.42 Å². The second-order valence-electron chi connectivity index (χ2n) is 6.48. The van der Waals surface area contributed by atoms with Crippen molar-refractivity contribution in [3.05, 3.63) is 77.4 Å². The number of benzene rings is 2. The number of hydrogen-bond acceptors (Lipinski definition) is 3. The van der Waals surface area contributed by atoms with E-state index in [4.69, 9.17) is 11.5 Å². The van der Waals surface area contributed by atoms with Crippen LogP contribution in [0.2, 0.25) is 0 Å². The molecule has 0 atom stereocenters. The SMILES string of the molecule is C=Cc1ccccc1C(=C)c1c(C)c(N)c2c(c1N)CCNCC2=C. The highest BCUT2D eigenvalue weighted by Crippen LogP contribution is 2.41. The average Bonchev–Trinajstić information content (AvgIpc) is 2.81. The van der Waals surface area contributed by atoms with Gasteiger partial charge >= 0.3 is 0 Å². The third-order valence-corrected chi connectivity index (χ3v) is 5.00. The van der Waals surface area contributed by atoms with Crippen LogP contribution < -0.4 is 16.8 Å². The zero-order chi connectivity index (χ0) is 18.1. The fraction of sp³-hybridized carbons (Fsp3) is 0.182. The van der Waals surface area contributed by atoms with E-state index in [1.54, 1.807) is 0 Å². The molecule has 1 heterocycles. The zero-order valence-electron chi connectivity index (χ0n) is 14.8. The molecule has 5 N–H and O–H groups in total. The molecule has 0 amide bonds. The van der Waals surface area contributed by atoms with Gasteiger partial charge < -0.3 is 16.8 Å². The quantitative estimate of drug-likeness (QED) is 0.744. The predicted molar refractivity (Wildman–Crippen MR) is 110 cm³/mol. The standard InChI is InChI=1S/C22H25N3/c1-5-16-8-6-7-9-17(16)14(3)20-15(4)21(23)19-13(2)12-25-11-10-18(19)22(20)24/h5-9,25H,1-3,10-12,23-24H2,4H3. The maximum atomic E-state index is 6.62. The van der Waals surface area contributed by atoms with Crippen LogP contribution in [0.15, 0.2) is 44.0 Å². The van der Waals surface area contributed by atoms with Crippen molar-refractivity contribution < 1.29 is 0 Å². The molecule has 0 saturated carbocycles. The Bertz CT molecular complexity index is 891. The molecule has 3 nitrogen and oxygen atoms in total. The fourth-order valence-corrected chi connectivity index (χ4v) is 3.65. The van der Waals surface area contributed by atoms with Gasteiger partial charge in [-0.05, 0) is 53.3 Å². The van der Waals surface area contributed by atoms with Gasteiger partial charge in [-0.25, -0.2) is 0 Å². The van der Waals surface area contributed by atoms with Gasteiger partial charge in [0, 0.05) is 29.0 Å². The molecule has 2 aromatic rings. The number of anilines is 2. The van der Waals surface area contributed by atoms with Gasteiger partial charge in [0.1, 0.15) is 0 Å². The van der Waals surface area contributed by atoms with Gasteiger partial charge in [0.15, 0.2) is 0 Å². The summed E-state index contributed by atoms with van der Waals surface area (Å²) in [7, 11) is 0. The highest BCUT2D eigenvalue weighted by molar-refractivity contribution is 5.95. The zero-order valence-corrected chi connectivity index (χ0v) is 14.8. The van der Waals surface area contributed by atoms with Crippen molar-refractivity contribution in [1.82, 2.24) is 5.32 Å². The molecule has 3 heteroatoms. The largest absolute Gasteiger partial charge is 0.398 e. The molecular weight excluding hydrogens is 306 g/mol. The van der Waals surface area contributed by atoms with E-state index in [1.807, 2.05) is 37.3 Å². The van der Waals surface area contributed by atoms with Gasteiger partial charge in [0.2, 0.25) is 0 Å². The minimum atomic E-state index is 0.732. The van der Waals surface area contributed by atoms with Crippen molar-refractivity contribution in [3.8, 4) is 0 Å². The van der Waals surface area contributed by atoms with E-state index in [-0.39, 0.29) is 0 Å².